The second kappa shape index (κ2) is 69.5. The molecule has 1 saturated heterocycles. The average molecular weight is 1310 g/mol. The van der Waals surface area contributed by atoms with Gasteiger partial charge in [0.2, 0.25) is 11.8 Å². The van der Waals surface area contributed by atoms with Crippen molar-refractivity contribution in [2.75, 3.05) is 39.3 Å². The van der Waals surface area contributed by atoms with Gasteiger partial charge in [-0.1, -0.05) is 253 Å². The monoisotopic (exact) mass is 1310 g/mol. The van der Waals surface area contributed by atoms with E-state index in [0.717, 1.165) is 193 Å². The van der Waals surface area contributed by atoms with Crippen LogP contribution in [0.2, 0.25) is 0 Å². The number of hydrogen-bond acceptors (Lipinski definition) is 8. The second-order valence-corrected chi connectivity index (χ2v) is 27.9. The molecular weight excluding hydrogens is 1160 g/mol. The molecule has 0 spiro atoms. The zero-order valence-corrected chi connectivity index (χ0v) is 61.8. The molecule has 0 bridgehead atoms. The molecule has 1 rings (SSSR count). The van der Waals surface area contributed by atoms with E-state index in [9.17, 15) is 30.0 Å². The Hall–Kier alpha value is -3.38. The highest BCUT2D eigenvalue weighted by Crippen LogP contribution is 2.18. The number of piperazine rings is 1. The first-order chi connectivity index (χ1) is 46.1. The predicted octanol–water partition coefficient (Wildman–Crippen LogP) is 21.1. The number of aliphatic hydroxyl groups is 4. The molecule has 6 N–H and O–H groups in total. The Bertz CT molecular complexity index is 1670. The van der Waals surface area contributed by atoms with E-state index in [1.54, 1.807) is 0 Å². The molecule has 0 saturated carbocycles. The Labute approximate surface area is 581 Å². The van der Waals surface area contributed by atoms with Crippen LogP contribution in [0.4, 0.5) is 0 Å². The summed E-state index contributed by atoms with van der Waals surface area (Å²) in [6.07, 6.45) is 88.6. The van der Waals surface area contributed by atoms with Crippen LogP contribution in [0.15, 0.2) is 97.2 Å². The van der Waals surface area contributed by atoms with Crippen LogP contribution in [0.5, 0.6) is 0 Å². The molecule has 6 unspecified atom stereocenters. The van der Waals surface area contributed by atoms with Crippen LogP contribution in [0.3, 0.4) is 0 Å². The van der Waals surface area contributed by atoms with Crippen LogP contribution in [0.25, 0.3) is 0 Å². The first-order valence-corrected chi connectivity index (χ1v) is 40.1. The predicted molar refractivity (Wildman–Crippen MR) is 407 cm³/mol. The maximum Gasteiger partial charge on any atom is 0.243 e. The molecule has 10 heteroatoms. The Morgan fingerprint density at radius 3 is 0.723 bits per heavy atom. The van der Waals surface area contributed by atoms with Gasteiger partial charge in [-0.2, -0.15) is 0 Å². The van der Waals surface area contributed by atoms with Gasteiger partial charge in [-0.15, -0.1) is 0 Å². The van der Waals surface area contributed by atoms with Crippen molar-refractivity contribution in [3.8, 4) is 0 Å². The molecule has 1 aliphatic heterocycles. The summed E-state index contributed by atoms with van der Waals surface area (Å²) < 4.78 is 0. The number of aliphatic hydroxyl groups excluding tert-OH is 4. The first-order valence-electron chi connectivity index (χ1n) is 40.1. The van der Waals surface area contributed by atoms with Gasteiger partial charge in [0.25, 0.3) is 0 Å². The Morgan fingerprint density at radius 2 is 0.500 bits per heavy atom. The standard InChI is InChI=1S/C84H152N4O6/c1-5-9-13-17-21-25-29-33-37-41-45-49-53-57-65-77(89)73-87(74-78(90)66-58-54-50-46-42-38-34-30-26-22-18-14-10-6-2)71-63-61-69-81-83(93)86-82(84(94)85-81)70-62-64-72-88(75-79(91)67-59-55-51-47-43-39-35-31-27-23-19-15-11-7-3)76-80(92)68-60-56-52-48-44-40-36-32-28-24-20-16-12-8-4/h21-28,33-40,77-82,89-92H,5-20,29-32,41-76H2,1-4H3,(H,85,94)(H,86,93)/b25-21+,26-22+,27-23+,28-24+,37-33+,38-34+,39-35+,40-36+. The van der Waals surface area contributed by atoms with Gasteiger partial charge in [-0.25, -0.2) is 0 Å². The number of rotatable bonds is 70. The Morgan fingerprint density at radius 1 is 0.287 bits per heavy atom. The molecule has 0 aromatic heterocycles. The number of nitrogens with zero attached hydrogens (tertiary/aromatic N) is 2. The topological polar surface area (TPSA) is 146 Å². The number of carbonyl (C=O) groups excluding carboxylic acids is 2. The number of unbranched alkanes of at least 4 members (excludes halogenated alkanes) is 30. The molecule has 0 aromatic carbocycles. The van der Waals surface area contributed by atoms with Crippen molar-refractivity contribution in [1.29, 1.82) is 0 Å². The van der Waals surface area contributed by atoms with E-state index < -0.39 is 36.5 Å². The SMILES string of the molecule is CCCCC/C=C/C/C=C/CCCCCCC(O)CN(CCCCC1NC(=O)C(CCCCN(CC(O)CCCCCC/C=C/C/C=C/CCCCC)CC(O)CCCCCC/C=C/C/C=C/CCCCC)NC1=O)CC(O)CCCCCC/C=C/C/C=C/CCCCC. The second-order valence-electron chi connectivity index (χ2n) is 27.9. The number of nitrogens with one attached hydrogen (secondary N) is 2. The van der Waals surface area contributed by atoms with Crippen LogP contribution < -0.4 is 10.6 Å². The molecule has 0 radical (unpaired) electrons. The quantitative estimate of drug-likeness (QED) is 0.0261. The summed E-state index contributed by atoms with van der Waals surface area (Å²) >= 11 is 0. The minimum atomic E-state index is -0.574. The summed E-state index contributed by atoms with van der Waals surface area (Å²) in [4.78, 5) is 31.5. The number of hydrogen-bond donors (Lipinski definition) is 6. The summed E-state index contributed by atoms with van der Waals surface area (Å²) in [7, 11) is 0. The third kappa shape index (κ3) is 59.8. The average Bonchev–Trinajstić information content (AvgIpc) is 0.942. The molecule has 0 aliphatic carbocycles. The van der Waals surface area contributed by atoms with Crippen molar-refractivity contribution >= 4 is 11.8 Å². The van der Waals surface area contributed by atoms with Gasteiger partial charge in [-0.3, -0.25) is 19.4 Å². The van der Waals surface area contributed by atoms with Gasteiger partial charge in [0.1, 0.15) is 12.1 Å². The van der Waals surface area contributed by atoms with Gasteiger partial charge in [0.05, 0.1) is 24.4 Å². The third-order valence-electron chi connectivity index (χ3n) is 18.5. The fourth-order valence-corrected chi connectivity index (χ4v) is 12.6. The molecule has 1 fully saturated rings. The number of carbonyl (C=O) groups is 2. The zero-order chi connectivity index (χ0) is 68.1. The summed E-state index contributed by atoms with van der Waals surface area (Å²) in [6, 6.07) is -1.15. The van der Waals surface area contributed by atoms with Crippen molar-refractivity contribution < 1.29 is 30.0 Å². The van der Waals surface area contributed by atoms with Crippen molar-refractivity contribution in [2.45, 2.75) is 385 Å². The van der Waals surface area contributed by atoms with E-state index in [-0.39, 0.29) is 11.8 Å². The van der Waals surface area contributed by atoms with Crippen molar-refractivity contribution in [3.05, 3.63) is 97.2 Å². The number of amides is 2. The highest BCUT2D eigenvalue weighted by Gasteiger charge is 2.33. The van der Waals surface area contributed by atoms with Gasteiger partial charge < -0.3 is 31.1 Å². The van der Waals surface area contributed by atoms with Crippen LogP contribution in [-0.4, -0.2) is 118 Å². The molecule has 544 valence electrons. The smallest absolute Gasteiger partial charge is 0.243 e. The summed E-state index contributed by atoms with van der Waals surface area (Å²) in [5.41, 5.74) is 0. The van der Waals surface area contributed by atoms with E-state index in [2.05, 4.69) is 145 Å². The van der Waals surface area contributed by atoms with Crippen molar-refractivity contribution in [3.63, 3.8) is 0 Å². The zero-order valence-electron chi connectivity index (χ0n) is 61.8. The summed E-state index contributed by atoms with van der Waals surface area (Å²) in [6.45, 7) is 12.5. The molecule has 1 heterocycles. The van der Waals surface area contributed by atoms with E-state index >= 15 is 0 Å². The largest absolute Gasteiger partial charge is 0.392 e. The van der Waals surface area contributed by atoms with E-state index in [4.69, 9.17) is 0 Å². The van der Waals surface area contributed by atoms with Crippen LogP contribution in [0.1, 0.15) is 349 Å². The van der Waals surface area contributed by atoms with Gasteiger partial charge in [0, 0.05) is 26.2 Å². The molecule has 10 nitrogen and oxygen atoms in total. The Kier molecular flexibility index (Phi) is 65.5. The fourth-order valence-electron chi connectivity index (χ4n) is 12.6. The van der Waals surface area contributed by atoms with Crippen molar-refractivity contribution in [1.82, 2.24) is 20.4 Å². The summed E-state index contributed by atoms with van der Waals surface area (Å²) in [5, 5.41) is 51.2. The summed E-state index contributed by atoms with van der Waals surface area (Å²) in [5.74, 6) is -0.254. The minimum absolute atomic E-state index is 0.127. The molecule has 2 amide bonds. The maximum absolute atomic E-state index is 13.5. The lowest BCUT2D eigenvalue weighted by Crippen LogP contribution is -2.61. The molecule has 0 aromatic rings. The van der Waals surface area contributed by atoms with E-state index in [1.165, 1.54) is 128 Å². The lowest BCUT2D eigenvalue weighted by molar-refractivity contribution is -0.137. The maximum atomic E-state index is 13.5. The highest BCUT2D eigenvalue weighted by molar-refractivity contribution is 5.96. The van der Waals surface area contributed by atoms with Crippen molar-refractivity contribution in [2.24, 2.45) is 0 Å². The molecule has 94 heavy (non-hydrogen) atoms. The third-order valence-corrected chi connectivity index (χ3v) is 18.5. The lowest BCUT2D eigenvalue weighted by Gasteiger charge is -2.31. The normalized spacial score (nSPS) is 16.4. The van der Waals surface area contributed by atoms with E-state index in [0.29, 0.717) is 39.0 Å². The van der Waals surface area contributed by atoms with Crippen LogP contribution >= 0.6 is 0 Å². The van der Waals surface area contributed by atoms with Gasteiger partial charge >= 0.3 is 0 Å². The van der Waals surface area contributed by atoms with Gasteiger partial charge in [-0.05, 0) is 206 Å². The van der Waals surface area contributed by atoms with Gasteiger partial charge in [0.15, 0.2) is 0 Å². The number of allylic oxidation sites excluding steroid dienone is 16. The fraction of sp³-hybridized carbons (Fsp3) is 0.786. The first kappa shape index (κ1) is 88.6. The molecule has 6 atom stereocenters. The van der Waals surface area contributed by atoms with E-state index in [1.807, 2.05) is 0 Å². The minimum Gasteiger partial charge on any atom is -0.392 e. The van der Waals surface area contributed by atoms with Crippen LogP contribution in [-0.2, 0) is 9.59 Å². The molecule has 1 aliphatic rings. The Balaban J connectivity index is 2.70. The lowest BCUT2D eigenvalue weighted by atomic mass is 10.0. The highest BCUT2D eigenvalue weighted by atomic mass is 16.3. The van der Waals surface area contributed by atoms with Crippen LogP contribution in [0, 0.1) is 0 Å². The molecular formula is C84H152N4O6.